The van der Waals surface area contributed by atoms with Crippen molar-refractivity contribution in [2.24, 2.45) is 17.8 Å². The topological polar surface area (TPSA) is 102 Å². The number of oxazole rings is 1. The number of nitrogens with one attached hydrogen (secondary N) is 1. The van der Waals surface area contributed by atoms with Gasteiger partial charge in [0.25, 0.3) is 11.9 Å². The Kier molecular flexibility index (Phi) is 4.24. The second-order valence-corrected chi connectivity index (χ2v) is 8.69. The molecule has 9 nitrogen and oxygen atoms in total. The van der Waals surface area contributed by atoms with Crippen LogP contribution in [0.5, 0.6) is 0 Å². The molecule has 1 aromatic carbocycles. The first-order valence-corrected chi connectivity index (χ1v) is 10.8. The van der Waals surface area contributed by atoms with Gasteiger partial charge >= 0.3 is 0 Å². The summed E-state index contributed by atoms with van der Waals surface area (Å²) >= 11 is 0. The maximum atomic E-state index is 13.7. The van der Waals surface area contributed by atoms with Crippen molar-refractivity contribution in [2.75, 3.05) is 18.4 Å². The molecule has 1 N–H and O–H groups in total. The smallest absolute Gasteiger partial charge is 0.297 e. The number of amides is 1. The van der Waals surface area contributed by atoms with Gasteiger partial charge in [-0.15, -0.1) is 0 Å². The lowest BCUT2D eigenvalue weighted by atomic mass is 10.1. The molecule has 1 saturated carbocycles. The Hall–Kier alpha value is -3.75. The van der Waals surface area contributed by atoms with Crippen molar-refractivity contribution < 1.29 is 9.21 Å². The molecule has 1 aliphatic heterocycles. The molecule has 2 fully saturated rings. The summed E-state index contributed by atoms with van der Waals surface area (Å²) < 4.78 is 5.76. The number of carbonyl (C=O) groups excluding carboxylic acids is 1. The van der Waals surface area contributed by atoms with E-state index < -0.39 is 0 Å². The van der Waals surface area contributed by atoms with E-state index in [-0.39, 0.29) is 11.9 Å². The van der Waals surface area contributed by atoms with Crippen LogP contribution in [0.3, 0.4) is 0 Å². The van der Waals surface area contributed by atoms with Crippen molar-refractivity contribution in [2.45, 2.75) is 19.9 Å². The minimum Gasteiger partial charge on any atom is -0.422 e. The van der Waals surface area contributed by atoms with E-state index in [1.807, 2.05) is 42.2 Å². The van der Waals surface area contributed by atoms with Gasteiger partial charge in [-0.1, -0.05) is 18.6 Å². The van der Waals surface area contributed by atoms with Crippen LogP contribution >= 0.6 is 0 Å². The van der Waals surface area contributed by atoms with Gasteiger partial charge in [0.15, 0.2) is 5.58 Å². The second kappa shape index (κ2) is 7.15. The fraction of sp³-hybridized carbons (Fsp3) is 0.348. The maximum Gasteiger partial charge on any atom is 0.297 e. The normalized spacial score (nSPS) is 24.0. The first-order valence-electron chi connectivity index (χ1n) is 10.8. The monoisotopic (exact) mass is 429 g/mol. The van der Waals surface area contributed by atoms with Crippen molar-refractivity contribution >= 4 is 23.2 Å². The summed E-state index contributed by atoms with van der Waals surface area (Å²) in [4.78, 5) is 25.9. The zero-order valence-corrected chi connectivity index (χ0v) is 17.8. The van der Waals surface area contributed by atoms with Crippen LogP contribution in [0.4, 0.5) is 6.01 Å². The van der Waals surface area contributed by atoms with Crippen molar-refractivity contribution in [3.05, 3.63) is 60.0 Å². The van der Waals surface area contributed by atoms with E-state index in [1.54, 1.807) is 18.6 Å². The number of nitrogens with zero attached hydrogens (tertiary/aromatic N) is 6. The summed E-state index contributed by atoms with van der Waals surface area (Å²) in [6, 6.07) is 9.95. The molecule has 162 valence electrons. The van der Waals surface area contributed by atoms with E-state index in [0.717, 1.165) is 12.1 Å². The predicted molar refractivity (Wildman–Crippen MR) is 117 cm³/mol. The highest BCUT2D eigenvalue weighted by atomic mass is 16.4. The van der Waals surface area contributed by atoms with Gasteiger partial charge < -0.3 is 14.6 Å². The number of aromatic nitrogens is 5. The summed E-state index contributed by atoms with van der Waals surface area (Å²) in [7, 11) is 0. The maximum absolute atomic E-state index is 13.7. The molecule has 3 aromatic heterocycles. The summed E-state index contributed by atoms with van der Waals surface area (Å²) in [6.45, 7) is 5.58. The predicted octanol–water partition coefficient (Wildman–Crippen LogP) is 2.93. The van der Waals surface area contributed by atoms with E-state index in [4.69, 9.17) is 4.42 Å². The number of pyridine rings is 1. The molecule has 32 heavy (non-hydrogen) atoms. The number of rotatable bonds is 5. The Bertz CT molecular complexity index is 1270. The van der Waals surface area contributed by atoms with Crippen molar-refractivity contribution in [1.82, 2.24) is 29.9 Å². The highest BCUT2D eigenvalue weighted by Crippen LogP contribution is 2.55. The Morgan fingerprint density at radius 2 is 2.06 bits per heavy atom. The van der Waals surface area contributed by atoms with E-state index in [0.29, 0.717) is 52.8 Å². The molecule has 9 heteroatoms. The van der Waals surface area contributed by atoms with Gasteiger partial charge in [0, 0.05) is 19.3 Å². The minimum atomic E-state index is 0.00596. The molecule has 2 aliphatic rings. The molecular weight excluding hydrogens is 406 g/mol. The Balaban J connectivity index is 1.27. The van der Waals surface area contributed by atoms with Crippen molar-refractivity contribution in [3.63, 3.8) is 0 Å². The zero-order valence-electron chi connectivity index (χ0n) is 17.8. The molecule has 1 aliphatic carbocycles. The Labute approximate surface area is 184 Å². The fourth-order valence-electron chi connectivity index (χ4n) is 5.08. The molecule has 0 unspecified atom stereocenters. The third-order valence-electron chi connectivity index (χ3n) is 6.79. The van der Waals surface area contributed by atoms with Crippen LogP contribution in [0.25, 0.3) is 16.9 Å². The first kappa shape index (κ1) is 19.0. The lowest BCUT2D eigenvalue weighted by molar-refractivity contribution is 0.0704. The van der Waals surface area contributed by atoms with Crippen LogP contribution in [-0.4, -0.2) is 54.9 Å². The number of fused-ring (bicyclic) bond motifs is 2. The van der Waals surface area contributed by atoms with Gasteiger partial charge in [0.2, 0.25) is 5.65 Å². The van der Waals surface area contributed by atoms with Gasteiger partial charge in [-0.05, 0) is 48.9 Å². The highest BCUT2D eigenvalue weighted by Gasteiger charge is 2.59. The second-order valence-electron chi connectivity index (χ2n) is 8.69. The SMILES string of the molecule is Cc1ccc(-n2nccn2)c(C(=O)N2C[C@H]3[C@@H](C)[C@H]3[C@H]2CNc2nc3ncccc3o2)c1. The highest BCUT2D eigenvalue weighted by molar-refractivity contribution is 5.98. The molecule has 0 bridgehead atoms. The van der Waals surface area contributed by atoms with Crippen LogP contribution in [-0.2, 0) is 0 Å². The standard InChI is InChI=1S/C23H23N7O2/c1-13-5-6-17(30-26-8-9-27-30)15(10-13)22(31)29-12-16-14(2)20(16)18(29)11-25-23-28-21-19(32-23)4-3-7-24-21/h3-10,14,16,18,20H,11-12H2,1-2H3,(H,24,25,28)/t14-,16+,18-,20-/m1/s1. The zero-order chi connectivity index (χ0) is 21.8. The molecule has 0 radical (unpaired) electrons. The number of hydrogen-bond donors (Lipinski definition) is 1. The molecular formula is C23H23N7O2. The van der Waals surface area contributed by atoms with Gasteiger partial charge in [-0.3, -0.25) is 4.79 Å². The summed E-state index contributed by atoms with van der Waals surface area (Å²) in [6.07, 6.45) is 4.92. The number of carbonyl (C=O) groups is 1. The van der Waals surface area contributed by atoms with Crippen molar-refractivity contribution in [3.8, 4) is 5.69 Å². The van der Waals surface area contributed by atoms with E-state index in [2.05, 4.69) is 32.4 Å². The van der Waals surface area contributed by atoms with Gasteiger partial charge in [0.1, 0.15) is 0 Å². The Morgan fingerprint density at radius 3 is 2.88 bits per heavy atom. The quantitative estimate of drug-likeness (QED) is 0.520. The summed E-state index contributed by atoms with van der Waals surface area (Å²) in [5.74, 6) is 1.63. The lowest BCUT2D eigenvalue weighted by Gasteiger charge is -2.29. The van der Waals surface area contributed by atoms with E-state index >= 15 is 0 Å². The number of aryl methyl sites for hydroxylation is 1. The third kappa shape index (κ3) is 3.04. The lowest BCUT2D eigenvalue weighted by Crippen LogP contribution is -2.43. The minimum absolute atomic E-state index is 0.00596. The number of piperidine rings is 1. The summed E-state index contributed by atoms with van der Waals surface area (Å²) in [5, 5.41) is 11.8. The number of benzene rings is 1. The molecule has 0 spiro atoms. The van der Waals surface area contributed by atoms with Crippen LogP contribution in [0.1, 0.15) is 22.8 Å². The molecule has 4 atom stereocenters. The fourth-order valence-corrected chi connectivity index (χ4v) is 5.08. The third-order valence-corrected chi connectivity index (χ3v) is 6.79. The number of hydrogen-bond acceptors (Lipinski definition) is 7. The van der Waals surface area contributed by atoms with Gasteiger partial charge in [-0.2, -0.15) is 20.0 Å². The van der Waals surface area contributed by atoms with Crippen LogP contribution in [0.2, 0.25) is 0 Å². The summed E-state index contributed by atoms with van der Waals surface area (Å²) in [5.41, 5.74) is 3.55. The van der Waals surface area contributed by atoms with Crippen molar-refractivity contribution in [1.29, 1.82) is 0 Å². The average Bonchev–Trinajstić information content (AvgIpc) is 3.30. The van der Waals surface area contributed by atoms with Crippen LogP contribution in [0, 0.1) is 24.7 Å². The molecule has 4 heterocycles. The Morgan fingerprint density at radius 1 is 1.22 bits per heavy atom. The first-order chi connectivity index (χ1) is 15.6. The van der Waals surface area contributed by atoms with Crippen LogP contribution < -0.4 is 5.32 Å². The van der Waals surface area contributed by atoms with Gasteiger partial charge in [0.05, 0.1) is 29.7 Å². The molecule has 4 aromatic rings. The van der Waals surface area contributed by atoms with E-state index in [1.165, 1.54) is 4.80 Å². The largest absolute Gasteiger partial charge is 0.422 e. The molecule has 6 rings (SSSR count). The average molecular weight is 429 g/mol. The molecule has 1 saturated heterocycles. The number of anilines is 1. The van der Waals surface area contributed by atoms with Gasteiger partial charge in [-0.25, -0.2) is 4.98 Å². The molecule has 1 amide bonds. The van der Waals surface area contributed by atoms with E-state index in [9.17, 15) is 4.79 Å². The number of likely N-dealkylation sites (tertiary alicyclic amines) is 1. The van der Waals surface area contributed by atoms with Crippen LogP contribution in [0.15, 0.2) is 53.3 Å².